The lowest BCUT2D eigenvalue weighted by atomic mass is 10.1. The van der Waals surface area contributed by atoms with Crippen LogP contribution in [0.4, 0.5) is 4.39 Å². The minimum atomic E-state index is -4.09. The van der Waals surface area contributed by atoms with Gasteiger partial charge in [-0.3, -0.25) is 4.79 Å². The zero-order valence-electron chi connectivity index (χ0n) is 16.6. The van der Waals surface area contributed by atoms with Crippen LogP contribution in [-0.4, -0.2) is 44.2 Å². The van der Waals surface area contributed by atoms with Crippen molar-refractivity contribution in [3.05, 3.63) is 65.0 Å². The van der Waals surface area contributed by atoms with Crippen molar-refractivity contribution in [3.63, 3.8) is 0 Å². The molecule has 0 fully saturated rings. The lowest BCUT2D eigenvalue weighted by molar-refractivity contribution is 0.0474. The molecule has 0 saturated carbocycles. The summed E-state index contributed by atoms with van der Waals surface area (Å²) in [6, 6.07) is 9.91. The number of Topliss-reactive ketones (excluding diaryl/α,β-unsaturated/α-hetero) is 1. The van der Waals surface area contributed by atoms with Crippen LogP contribution in [0.5, 0.6) is 0 Å². The van der Waals surface area contributed by atoms with E-state index in [1.807, 2.05) is 19.1 Å². The standard InChI is InChI=1S/C21H24FNO5S/c1-4-15-7-9-16(10-8-15)19(24)14-28-21(25)17-11-12-18(22)20(13-17)29(26,27)23(5-2)6-3/h7-13H,4-6,14H2,1-3H3. The number of esters is 1. The molecule has 0 spiro atoms. The van der Waals surface area contributed by atoms with Crippen LogP contribution >= 0.6 is 0 Å². The van der Waals surface area contributed by atoms with Gasteiger partial charge in [-0.1, -0.05) is 45.0 Å². The van der Waals surface area contributed by atoms with Crippen LogP contribution in [0.1, 0.15) is 47.1 Å². The van der Waals surface area contributed by atoms with Gasteiger partial charge in [-0.15, -0.1) is 0 Å². The van der Waals surface area contributed by atoms with E-state index >= 15 is 0 Å². The van der Waals surface area contributed by atoms with Crippen LogP contribution in [0.2, 0.25) is 0 Å². The molecule has 0 unspecified atom stereocenters. The molecule has 0 N–H and O–H groups in total. The fraction of sp³-hybridized carbons (Fsp3) is 0.333. The Hall–Kier alpha value is -2.58. The summed E-state index contributed by atoms with van der Waals surface area (Å²) in [4.78, 5) is 23.9. The molecule has 2 aromatic rings. The lowest BCUT2D eigenvalue weighted by Crippen LogP contribution is -2.31. The molecule has 8 heteroatoms. The number of ether oxygens (including phenoxy) is 1. The predicted octanol–water partition coefficient (Wildman–Crippen LogP) is 3.46. The molecule has 0 aliphatic carbocycles. The summed E-state index contributed by atoms with van der Waals surface area (Å²) in [6.45, 7) is 5.10. The van der Waals surface area contributed by atoms with E-state index in [1.54, 1.807) is 26.0 Å². The van der Waals surface area contributed by atoms with Gasteiger partial charge in [-0.25, -0.2) is 17.6 Å². The van der Waals surface area contributed by atoms with Gasteiger partial charge in [0.1, 0.15) is 10.7 Å². The second-order valence-electron chi connectivity index (χ2n) is 6.28. The molecule has 6 nitrogen and oxygen atoms in total. The fourth-order valence-electron chi connectivity index (χ4n) is 2.75. The summed E-state index contributed by atoms with van der Waals surface area (Å²) in [6.07, 6.45) is 0.840. The predicted molar refractivity (Wildman–Crippen MR) is 107 cm³/mol. The summed E-state index contributed by atoms with van der Waals surface area (Å²) >= 11 is 0. The minimum absolute atomic E-state index is 0.147. The van der Waals surface area contributed by atoms with Crippen LogP contribution in [0.15, 0.2) is 47.4 Å². The number of halogens is 1. The van der Waals surface area contributed by atoms with E-state index in [0.29, 0.717) is 5.56 Å². The highest BCUT2D eigenvalue weighted by molar-refractivity contribution is 7.89. The van der Waals surface area contributed by atoms with Crippen molar-refractivity contribution in [1.29, 1.82) is 0 Å². The first-order valence-corrected chi connectivity index (χ1v) is 10.8. The van der Waals surface area contributed by atoms with E-state index in [2.05, 4.69) is 0 Å². The number of rotatable bonds is 9. The van der Waals surface area contributed by atoms with Crippen LogP contribution in [0.3, 0.4) is 0 Å². The molecule has 0 radical (unpaired) electrons. The first kappa shape index (κ1) is 22.7. The largest absolute Gasteiger partial charge is 0.454 e. The third kappa shape index (κ3) is 5.27. The van der Waals surface area contributed by atoms with Gasteiger partial charge in [0.2, 0.25) is 10.0 Å². The average molecular weight is 421 g/mol. The Labute approximate surface area is 170 Å². The van der Waals surface area contributed by atoms with Crippen molar-refractivity contribution >= 4 is 21.8 Å². The second-order valence-corrected chi connectivity index (χ2v) is 8.19. The first-order valence-electron chi connectivity index (χ1n) is 9.33. The Morgan fingerprint density at radius 2 is 1.55 bits per heavy atom. The number of carbonyl (C=O) groups is 2. The number of aryl methyl sites for hydroxylation is 1. The Morgan fingerprint density at radius 1 is 0.966 bits per heavy atom. The molecule has 0 bridgehead atoms. The zero-order valence-corrected chi connectivity index (χ0v) is 17.5. The maximum atomic E-state index is 14.1. The third-order valence-electron chi connectivity index (χ3n) is 4.51. The monoisotopic (exact) mass is 421 g/mol. The summed E-state index contributed by atoms with van der Waals surface area (Å²) < 4.78 is 45.4. The van der Waals surface area contributed by atoms with E-state index < -0.39 is 33.3 Å². The molecule has 0 amide bonds. The minimum Gasteiger partial charge on any atom is -0.454 e. The number of hydrogen-bond donors (Lipinski definition) is 0. The normalized spacial score (nSPS) is 11.5. The highest BCUT2D eigenvalue weighted by atomic mass is 32.2. The first-order chi connectivity index (χ1) is 13.7. The Bertz CT molecular complexity index is 983. The van der Waals surface area contributed by atoms with Gasteiger partial charge in [-0.2, -0.15) is 4.31 Å². The van der Waals surface area contributed by atoms with Gasteiger partial charge in [0.25, 0.3) is 0 Å². The van der Waals surface area contributed by atoms with Gasteiger partial charge < -0.3 is 4.74 Å². The molecule has 0 heterocycles. The Morgan fingerprint density at radius 3 is 2.10 bits per heavy atom. The number of sulfonamides is 1. The molecular weight excluding hydrogens is 397 g/mol. The quantitative estimate of drug-likeness (QED) is 0.458. The highest BCUT2D eigenvalue weighted by Crippen LogP contribution is 2.21. The SMILES string of the molecule is CCc1ccc(C(=O)COC(=O)c2ccc(F)c(S(=O)(=O)N(CC)CC)c2)cc1. The molecule has 2 aromatic carbocycles. The third-order valence-corrected chi connectivity index (χ3v) is 6.57. The van der Waals surface area contributed by atoms with Gasteiger partial charge in [0.15, 0.2) is 12.4 Å². The van der Waals surface area contributed by atoms with Gasteiger partial charge in [0, 0.05) is 18.7 Å². The van der Waals surface area contributed by atoms with Crippen LogP contribution in [-0.2, 0) is 21.2 Å². The van der Waals surface area contributed by atoms with E-state index in [9.17, 15) is 22.4 Å². The Balaban J connectivity index is 2.16. The number of hydrogen-bond acceptors (Lipinski definition) is 5. The summed E-state index contributed by atoms with van der Waals surface area (Å²) in [5, 5.41) is 0. The molecule has 0 atom stereocenters. The number of ketones is 1. The fourth-order valence-corrected chi connectivity index (χ4v) is 4.30. The van der Waals surface area contributed by atoms with Crippen molar-refractivity contribution in [3.8, 4) is 0 Å². The number of carbonyl (C=O) groups excluding carboxylic acids is 2. The van der Waals surface area contributed by atoms with E-state index in [4.69, 9.17) is 4.74 Å². The highest BCUT2D eigenvalue weighted by Gasteiger charge is 2.26. The lowest BCUT2D eigenvalue weighted by Gasteiger charge is -2.19. The summed E-state index contributed by atoms with van der Waals surface area (Å²) in [5.41, 5.74) is 1.33. The maximum Gasteiger partial charge on any atom is 0.338 e. The number of benzene rings is 2. The molecule has 0 aliphatic rings. The smallest absolute Gasteiger partial charge is 0.338 e. The van der Waals surface area contributed by atoms with Crippen molar-refractivity contribution in [1.82, 2.24) is 4.31 Å². The van der Waals surface area contributed by atoms with Crippen molar-refractivity contribution in [2.24, 2.45) is 0 Å². The molecule has 0 saturated heterocycles. The van der Waals surface area contributed by atoms with Crippen molar-refractivity contribution in [2.75, 3.05) is 19.7 Å². The van der Waals surface area contributed by atoms with Gasteiger partial charge in [0.05, 0.1) is 5.56 Å². The van der Waals surface area contributed by atoms with Crippen LogP contribution in [0, 0.1) is 5.82 Å². The Kier molecular flexibility index (Phi) is 7.64. The molecule has 0 aromatic heterocycles. The van der Waals surface area contributed by atoms with Gasteiger partial charge in [-0.05, 0) is 30.2 Å². The average Bonchev–Trinajstić information content (AvgIpc) is 2.72. The van der Waals surface area contributed by atoms with Crippen molar-refractivity contribution < 1.29 is 27.1 Å². The van der Waals surface area contributed by atoms with E-state index in [1.165, 1.54) is 0 Å². The van der Waals surface area contributed by atoms with Gasteiger partial charge >= 0.3 is 5.97 Å². The maximum absolute atomic E-state index is 14.1. The molecule has 156 valence electrons. The number of nitrogens with zero attached hydrogens (tertiary/aromatic N) is 1. The molecular formula is C21H24FNO5S. The summed E-state index contributed by atoms with van der Waals surface area (Å²) in [7, 11) is -4.09. The summed E-state index contributed by atoms with van der Waals surface area (Å²) in [5.74, 6) is -2.25. The molecule has 29 heavy (non-hydrogen) atoms. The van der Waals surface area contributed by atoms with Crippen molar-refractivity contribution in [2.45, 2.75) is 32.1 Å². The second kappa shape index (κ2) is 9.76. The zero-order chi connectivity index (χ0) is 21.6. The van der Waals surface area contributed by atoms with E-state index in [0.717, 1.165) is 34.5 Å². The topological polar surface area (TPSA) is 80.8 Å². The van der Waals surface area contributed by atoms with Crippen LogP contribution in [0.25, 0.3) is 0 Å². The molecule has 0 aliphatic heterocycles. The molecule has 2 rings (SSSR count). The van der Waals surface area contributed by atoms with Crippen LogP contribution < -0.4 is 0 Å². The van der Waals surface area contributed by atoms with E-state index in [-0.39, 0.29) is 24.4 Å².